The maximum Gasteiger partial charge on any atom is 0.247 e. The van der Waals surface area contributed by atoms with Gasteiger partial charge in [-0.25, -0.2) is 18.7 Å². The van der Waals surface area contributed by atoms with Crippen molar-refractivity contribution in [2.45, 2.75) is 23.9 Å². The fourth-order valence-electron chi connectivity index (χ4n) is 3.09. The van der Waals surface area contributed by atoms with E-state index in [4.69, 9.17) is 9.88 Å². The molecule has 1 aliphatic rings. The van der Waals surface area contributed by atoms with E-state index in [-0.39, 0.29) is 16.7 Å². The number of nitrogens with zero attached hydrogens (tertiary/aromatic N) is 2. The fraction of sp³-hybridized carbons (Fsp3) is 0.294. The molecule has 27 heavy (non-hydrogen) atoms. The number of methoxy groups -OCH3 is 1. The van der Waals surface area contributed by atoms with Crippen LogP contribution in [0.15, 0.2) is 35.5 Å². The highest BCUT2D eigenvalue weighted by atomic mass is 32.2. The molecule has 1 aromatic carbocycles. The van der Waals surface area contributed by atoms with E-state index < -0.39 is 28.7 Å². The minimum atomic E-state index is -1.77. The van der Waals surface area contributed by atoms with E-state index in [1.165, 1.54) is 25.4 Å². The molecule has 3 rings (SSSR count). The number of halogens is 2. The van der Waals surface area contributed by atoms with Gasteiger partial charge in [0, 0.05) is 18.4 Å². The van der Waals surface area contributed by atoms with Crippen LogP contribution in [0.2, 0.25) is 0 Å². The number of hydrogen-bond donors (Lipinski definition) is 2. The highest BCUT2D eigenvalue weighted by molar-refractivity contribution is 7.82. The first-order valence-corrected chi connectivity index (χ1v) is 9.35. The van der Waals surface area contributed by atoms with Crippen molar-refractivity contribution in [3.63, 3.8) is 0 Å². The van der Waals surface area contributed by atoms with Crippen LogP contribution in [0.3, 0.4) is 0 Å². The molecule has 0 spiro atoms. The van der Waals surface area contributed by atoms with Gasteiger partial charge in [-0.05, 0) is 37.1 Å². The molecular formula is C17H18F2N4O3S. The highest BCUT2D eigenvalue weighted by Crippen LogP contribution is 2.37. The first-order valence-electron chi connectivity index (χ1n) is 8.14. The van der Waals surface area contributed by atoms with Crippen LogP contribution in [-0.2, 0) is 15.8 Å². The highest BCUT2D eigenvalue weighted by Gasteiger charge is 2.33. The summed E-state index contributed by atoms with van der Waals surface area (Å²) in [5.41, 5.74) is 0.709. The molecule has 7 nitrogen and oxygen atoms in total. The van der Waals surface area contributed by atoms with Crippen molar-refractivity contribution in [2.75, 3.05) is 23.9 Å². The zero-order valence-corrected chi connectivity index (χ0v) is 15.3. The molecule has 0 saturated carbocycles. The molecule has 3 N–H and O–H groups in total. The molecule has 0 radical (unpaired) electrons. The van der Waals surface area contributed by atoms with Crippen LogP contribution in [0.4, 0.5) is 20.2 Å². The molecule has 2 aromatic rings. The number of ether oxygens (including phenoxy) is 1. The van der Waals surface area contributed by atoms with Crippen LogP contribution < -0.4 is 20.1 Å². The molecule has 1 amide bonds. The van der Waals surface area contributed by atoms with Gasteiger partial charge >= 0.3 is 0 Å². The van der Waals surface area contributed by atoms with Crippen molar-refractivity contribution in [1.29, 1.82) is 0 Å². The van der Waals surface area contributed by atoms with Crippen LogP contribution in [0, 0.1) is 11.6 Å². The third-order valence-corrected chi connectivity index (χ3v) is 4.94. The number of pyridine rings is 1. The number of anilines is 2. The summed E-state index contributed by atoms with van der Waals surface area (Å²) in [6.07, 6.45) is 2.63. The molecule has 1 saturated heterocycles. The number of carbonyl (C=O) groups is 1. The second-order valence-corrected chi connectivity index (χ2v) is 6.95. The molecule has 1 aliphatic heterocycles. The molecule has 10 heteroatoms. The average Bonchev–Trinajstić information content (AvgIpc) is 3.13. The van der Waals surface area contributed by atoms with E-state index in [2.05, 4.69) is 10.3 Å². The van der Waals surface area contributed by atoms with Gasteiger partial charge in [-0.2, -0.15) is 4.39 Å². The Hall–Kier alpha value is -2.59. The third-order valence-electron chi connectivity index (χ3n) is 4.31. The second kappa shape index (κ2) is 7.97. The summed E-state index contributed by atoms with van der Waals surface area (Å²) in [4.78, 5) is 18.3. The Labute approximate surface area is 157 Å². The zero-order chi connectivity index (χ0) is 19.6. The quantitative estimate of drug-likeness (QED) is 0.805. The largest absolute Gasteiger partial charge is 0.491 e. The molecule has 1 fully saturated rings. The van der Waals surface area contributed by atoms with E-state index in [0.717, 1.165) is 6.07 Å². The Morgan fingerprint density at radius 1 is 1.41 bits per heavy atom. The summed E-state index contributed by atoms with van der Waals surface area (Å²) in [5, 5.41) is 8.16. The lowest BCUT2D eigenvalue weighted by molar-refractivity contribution is -0.117. The first-order chi connectivity index (χ1) is 12.9. The molecule has 0 aliphatic carbocycles. The summed E-state index contributed by atoms with van der Waals surface area (Å²) >= 11 is 0. The molecular weight excluding hydrogens is 378 g/mol. The number of rotatable bonds is 5. The Morgan fingerprint density at radius 3 is 2.89 bits per heavy atom. The van der Waals surface area contributed by atoms with E-state index >= 15 is 0 Å². The molecule has 2 unspecified atom stereocenters. The minimum absolute atomic E-state index is 0.137. The number of aromatic nitrogens is 1. The number of benzene rings is 1. The number of carbonyl (C=O) groups excluding carboxylic acids is 1. The topological polar surface area (TPSA) is 97.6 Å². The summed E-state index contributed by atoms with van der Waals surface area (Å²) < 4.78 is 43.9. The van der Waals surface area contributed by atoms with Crippen molar-refractivity contribution in [1.82, 2.24) is 4.98 Å². The molecule has 0 bridgehead atoms. The molecule has 144 valence electrons. The summed E-state index contributed by atoms with van der Waals surface area (Å²) in [6, 6.07) is 4.78. The van der Waals surface area contributed by atoms with Crippen LogP contribution >= 0.6 is 0 Å². The number of amides is 1. The van der Waals surface area contributed by atoms with E-state index in [1.54, 1.807) is 11.0 Å². The summed E-state index contributed by atoms with van der Waals surface area (Å²) in [5.74, 6) is -2.68. The van der Waals surface area contributed by atoms with Gasteiger partial charge < -0.3 is 15.0 Å². The van der Waals surface area contributed by atoms with Crippen LogP contribution in [0.1, 0.15) is 12.8 Å². The van der Waals surface area contributed by atoms with Gasteiger partial charge in [0.2, 0.25) is 11.7 Å². The van der Waals surface area contributed by atoms with Gasteiger partial charge in [-0.15, -0.1) is 0 Å². The summed E-state index contributed by atoms with van der Waals surface area (Å²) in [7, 11) is -0.521. The molecule has 2 atom stereocenters. The lowest BCUT2D eigenvalue weighted by Gasteiger charge is -2.27. The number of hydrogen-bond acceptors (Lipinski definition) is 5. The molecule has 2 heterocycles. The SMILES string of the molecule is COc1c(N2CCCC2C(=O)Nc2ccnc(S(N)=O)c2)ccc(F)c1F. The van der Waals surface area contributed by atoms with Gasteiger partial charge in [0.25, 0.3) is 0 Å². The minimum Gasteiger partial charge on any atom is -0.491 e. The second-order valence-electron chi connectivity index (χ2n) is 5.93. The first kappa shape index (κ1) is 19.2. The Morgan fingerprint density at radius 2 is 2.19 bits per heavy atom. The fourth-order valence-corrected chi connectivity index (χ4v) is 3.50. The lowest BCUT2D eigenvalue weighted by atomic mass is 10.1. The predicted molar refractivity (Wildman–Crippen MR) is 96.7 cm³/mol. The van der Waals surface area contributed by atoms with Crippen LogP contribution in [0.5, 0.6) is 5.75 Å². The van der Waals surface area contributed by atoms with Crippen molar-refractivity contribution >= 4 is 28.3 Å². The maximum atomic E-state index is 14.0. The van der Waals surface area contributed by atoms with Gasteiger partial charge in [0.15, 0.2) is 11.6 Å². The van der Waals surface area contributed by atoms with Crippen LogP contribution in [0.25, 0.3) is 0 Å². The van der Waals surface area contributed by atoms with Crippen LogP contribution in [-0.4, -0.2) is 34.8 Å². The van der Waals surface area contributed by atoms with Crippen molar-refractivity contribution in [3.05, 3.63) is 42.1 Å². The number of nitrogens with one attached hydrogen (secondary N) is 1. The van der Waals surface area contributed by atoms with Gasteiger partial charge in [-0.1, -0.05) is 0 Å². The average molecular weight is 396 g/mol. The Balaban J connectivity index is 1.84. The van der Waals surface area contributed by atoms with Gasteiger partial charge in [-0.3, -0.25) is 4.79 Å². The van der Waals surface area contributed by atoms with Crippen molar-refractivity contribution < 1.29 is 22.5 Å². The van der Waals surface area contributed by atoms with Gasteiger partial charge in [0.1, 0.15) is 22.1 Å². The standard InChI is InChI=1S/C17H18F2N4O3S/c1-26-16-12(5-4-11(18)15(16)19)23-8-2-3-13(23)17(24)22-10-6-7-21-14(9-10)27(20)25/h4-7,9,13H,2-3,8,20H2,1H3,(H,21,22,24). The van der Waals surface area contributed by atoms with E-state index in [1.807, 2.05) is 0 Å². The van der Waals surface area contributed by atoms with E-state index in [0.29, 0.717) is 30.8 Å². The van der Waals surface area contributed by atoms with Crippen molar-refractivity contribution in [2.24, 2.45) is 5.14 Å². The summed E-state index contributed by atoms with van der Waals surface area (Å²) in [6.45, 7) is 0.494. The predicted octanol–water partition coefficient (Wildman–Crippen LogP) is 1.96. The molecule has 1 aromatic heterocycles. The number of nitrogens with two attached hydrogens (primary N) is 1. The van der Waals surface area contributed by atoms with Crippen molar-refractivity contribution in [3.8, 4) is 5.75 Å². The Bertz CT molecular complexity index is 896. The van der Waals surface area contributed by atoms with E-state index in [9.17, 15) is 17.8 Å². The monoisotopic (exact) mass is 396 g/mol. The van der Waals surface area contributed by atoms with Gasteiger partial charge in [0.05, 0.1) is 12.8 Å². The Kier molecular flexibility index (Phi) is 5.66. The normalized spacial score (nSPS) is 17.6. The smallest absolute Gasteiger partial charge is 0.247 e. The zero-order valence-electron chi connectivity index (χ0n) is 14.4. The third kappa shape index (κ3) is 3.91. The maximum absolute atomic E-state index is 14.0. The lowest BCUT2D eigenvalue weighted by Crippen LogP contribution is -2.40.